The molecule has 0 aromatic carbocycles. The average molecular weight is 298 g/mol. The number of nitrogens with one attached hydrogen (secondary N) is 2. The second-order valence-electron chi connectivity index (χ2n) is 4.44. The fourth-order valence-electron chi connectivity index (χ4n) is 1.94. The molecule has 6 nitrogen and oxygen atoms in total. The molecule has 1 saturated heterocycles. The number of alkyl halides is 3. The normalized spacial score (nSPS) is 22.1. The van der Waals surface area contributed by atoms with Gasteiger partial charge in [-0.05, 0) is 12.8 Å². The molecule has 9 heteroatoms. The molecule has 0 aromatic rings. The summed E-state index contributed by atoms with van der Waals surface area (Å²) in [5.41, 5.74) is -3.26. The van der Waals surface area contributed by atoms with E-state index >= 15 is 0 Å². The zero-order valence-corrected chi connectivity index (χ0v) is 11.2. The summed E-state index contributed by atoms with van der Waals surface area (Å²) in [5, 5.41) is 3.64. The first kappa shape index (κ1) is 16.7. The van der Waals surface area contributed by atoms with Crippen LogP contribution >= 0.6 is 0 Å². The number of ether oxygens (including phenoxy) is 2. The molecular weight excluding hydrogens is 281 g/mol. The number of amides is 1. The zero-order valence-electron chi connectivity index (χ0n) is 11.2. The molecule has 1 fully saturated rings. The molecule has 1 amide bonds. The molecule has 0 saturated carbocycles. The molecule has 2 N–H and O–H groups in total. The molecule has 1 rings (SSSR count). The fraction of sp³-hybridized carbons (Fsp3) is 0.818. The minimum Gasteiger partial charge on any atom is -0.466 e. The minimum atomic E-state index is -5.05. The van der Waals surface area contributed by atoms with Crippen molar-refractivity contribution in [3.8, 4) is 0 Å². The Morgan fingerprint density at radius 3 is 2.45 bits per heavy atom. The van der Waals surface area contributed by atoms with Crippen molar-refractivity contribution in [2.75, 3.05) is 20.3 Å². The summed E-state index contributed by atoms with van der Waals surface area (Å²) in [6.07, 6.45) is -4.16. The lowest BCUT2D eigenvalue weighted by atomic mass is 10.1. The number of rotatable bonds is 5. The highest BCUT2D eigenvalue weighted by atomic mass is 19.4. The van der Waals surface area contributed by atoms with Crippen LogP contribution in [0, 0.1) is 0 Å². The highest BCUT2D eigenvalue weighted by molar-refractivity contribution is 5.87. The van der Waals surface area contributed by atoms with Crippen molar-refractivity contribution in [3.63, 3.8) is 0 Å². The maximum absolute atomic E-state index is 13.2. The summed E-state index contributed by atoms with van der Waals surface area (Å²) in [5.74, 6) is -2.63. The first-order chi connectivity index (χ1) is 9.23. The molecular formula is C11H17F3N2O4. The van der Waals surface area contributed by atoms with Crippen molar-refractivity contribution in [2.24, 2.45) is 0 Å². The van der Waals surface area contributed by atoms with Gasteiger partial charge in [0, 0.05) is 20.1 Å². The summed E-state index contributed by atoms with van der Waals surface area (Å²) in [7, 11) is 0.818. The quantitative estimate of drug-likeness (QED) is 0.565. The maximum Gasteiger partial charge on any atom is 0.436 e. The highest BCUT2D eigenvalue weighted by Gasteiger charge is 2.62. The summed E-state index contributed by atoms with van der Waals surface area (Å²) in [6, 6.07) is 0. The topological polar surface area (TPSA) is 76.7 Å². The lowest BCUT2D eigenvalue weighted by molar-refractivity contribution is -0.221. The van der Waals surface area contributed by atoms with E-state index in [1.54, 1.807) is 5.32 Å². The molecule has 0 bridgehead atoms. The average Bonchev–Trinajstić information content (AvgIpc) is 2.84. The molecule has 20 heavy (non-hydrogen) atoms. The number of carbonyl (C=O) groups is 2. The summed E-state index contributed by atoms with van der Waals surface area (Å²) < 4.78 is 49.1. The van der Waals surface area contributed by atoms with Crippen molar-refractivity contribution >= 4 is 11.9 Å². The van der Waals surface area contributed by atoms with E-state index in [1.165, 1.54) is 0 Å². The van der Waals surface area contributed by atoms with Crippen molar-refractivity contribution < 1.29 is 32.2 Å². The van der Waals surface area contributed by atoms with Crippen molar-refractivity contribution in [1.82, 2.24) is 10.6 Å². The van der Waals surface area contributed by atoms with Gasteiger partial charge >= 0.3 is 12.1 Å². The van der Waals surface area contributed by atoms with Gasteiger partial charge in [0.1, 0.15) is 0 Å². The van der Waals surface area contributed by atoms with Crippen LogP contribution in [-0.2, 0) is 19.1 Å². The number of methoxy groups -OCH3 is 1. The number of hydrogen-bond donors (Lipinski definition) is 2. The van der Waals surface area contributed by atoms with E-state index in [0.717, 1.165) is 20.5 Å². The van der Waals surface area contributed by atoms with Gasteiger partial charge in [-0.2, -0.15) is 13.2 Å². The van der Waals surface area contributed by atoms with E-state index in [0.29, 0.717) is 13.0 Å². The Morgan fingerprint density at radius 1 is 1.40 bits per heavy atom. The van der Waals surface area contributed by atoms with E-state index < -0.39 is 29.8 Å². The lowest BCUT2D eigenvalue weighted by Crippen LogP contribution is -2.73. The van der Waals surface area contributed by atoms with Crippen LogP contribution in [0.25, 0.3) is 0 Å². The molecule has 1 heterocycles. The Morgan fingerprint density at radius 2 is 2.05 bits per heavy atom. The SMILES string of the molecule is COC(=O)[C@](NC[C@@H]1CCCO1)(NC(C)=O)C(F)(F)F. The largest absolute Gasteiger partial charge is 0.466 e. The van der Waals surface area contributed by atoms with Crippen LogP contribution < -0.4 is 10.6 Å². The van der Waals surface area contributed by atoms with Crippen molar-refractivity contribution in [3.05, 3.63) is 0 Å². The third-order valence-corrected chi connectivity index (χ3v) is 2.90. The monoisotopic (exact) mass is 298 g/mol. The van der Waals surface area contributed by atoms with Crippen LogP contribution in [0.4, 0.5) is 13.2 Å². The Hall–Kier alpha value is -1.35. The van der Waals surface area contributed by atoms with E-state index in [1.807, 2.05) is 5.32 Å². The van der Waals surface area contributed by atoms with Gasteiger partial charge in [-0.3, -0.25) is 10.1 Å². The van der Waals surface area contributed by atoms with E-state index in [4.69, 9.17) is 4.74 Å². The summed E-state index contributed by atoms with van der Waals surface area (Å²) in [4.78, 5) is 22.6. The standard InChI is InChI=1S/C11H17F3N2O4/c1-7(17)16-10(9(18)19-2,11(12,13)14)15-6-8-4-3-5-20-8/h8,15H,3-6H2,1-2H3,(H,16,17)/t8-,10-/m0/s1. The second kappa shape index (κ2) is 6.40. The molecule has 0 radical (unpaired) electrons. The predicted molar refractivity (Wildman–Crippen MR) is 61.6 cm³/mol. The van der Waals surface area contributed by atoms with E-state index in [2.05, 4.69) is 4.74 Å². The van der Waals surface area contributed by atoms with Gasteiger partial charge in [0.2, 0.25) is 5.91 Å². The first-order valence-electron chi connectivity index (χ1n) is 6.03. The van der Waals surface area contributed by atoms with Gasteiger partial charge in [-0.25, -0.2) is 4.79 Å². The summed E-state index contributed by atoms with van der Waals surface area (Å²) >= 11 is 0. The minimum absolute atomic E-state index is 0.227. The van der Waals surface area contributed by atoms with Gasteiger partial charge < -0.3 is 14.8 Å². The fourth-order valence-corrected chi connectivity index (χ4v) is 1.94. The molecule has 1 aliphatic rings. The highest BCUT2D eigenvalue weighted by Crippen LogP contribution is 2.30. The third-order valence-electron chi connectivity index (χ3n) is 2.90. The van der Waals surface area contributed by atoms with Crippen LogP contribution in [0.3, 0.4) is 0 Å². The second-order valence-corrected chi connectivity index (χ2v) is 4.44. The smallest absolute Gasteiger partial charge is 0.436 e. The van der Waals surface area contributed by atoms with Crippen LogP contribution in [-0.4, -0.2) is 50.1 Å². The Labute approximate surface area is 114 Å². The van der Waals surface area contributed by atoms with Gasteiger partial charge in [0.15, 0.2) is 0 Å². The molecule has 116 valence electrons. The number of halogens is 3. The molecule has 0 aliphatic carbocycles. The van der Waals surface area contributed by atoms with Crippen molar-refractivity contribution in [1.29, 1.82) is 0 Å². The Kier molecular flexibility index (Phi) is 5.35. The lowest BCUT2D eigenvalue weighted by Gasteiger charge is -2.34. The Bertz CT molecular complexity index is 369. The van der Waals surface area contributed by atoms with E-state index in [9.17, 15) is 22.8 Å². The van der Waals surface area contributed by atoms with Crippen LogP contribution in [0.5, 0.6) is 0 Å². The van der Waals surface area contributed by atoms with Gasteiger partial charge in [-0.15, -0.1) is 0 Å². The van der Waals surface area contributed by atoms with Crippen LogP contribution in [0.15, 0.2) is 0 Å². The van der Waals surface area contributed by atoms with Crippen LogP contribution in [0.2, 0.25) is 0 Å². The number of hydrogen-bond acceptors (Lipinski definition) is 5. The molecule has 2 atom stereocenters. The Balaban J connectivity index is 2.94. The first-order valence-corrected chi connectivity index (χ1v) is 6.03. The number of esters is 1. The third kappa shape index (κ3) is 3.60. The summed E-state index contributed by atoms with van der Waals surface area (Å²) in [6.45, 7) is 1.12. The van der Waals surface area contributed by atoms with Crippen LogP contribution in [0.1, 0.15) is 19.8 Å². The zero-order chi connectivity index (χ0) is 15.4. The molecule has 0 spiro atoms. The number of carbonyl (C=O) groups excluding carboxylic acids is 2. The van der Waals surface area contributed by atoms with Crippen molar-refractivity contribution in [2.45, 2.75) is 37.7 Å². The molecule has 1 aliphatic heterocycles. The van der Waals surface area contributed by atoms with Gasteiger partial charge in [-0.1, -0.05) is 0 Å². The van der Waals surface area contributed by atoms with Gasteiger partial charge in [0.05, 0.1) is 13.2 Å². The maximum atomic E-state index is 13.2. The molecule has 0 aromatic heterocycles. The van der Waals surface area contributed by atoms with Gasteiger partial charge in [0.25, 0.3) is 5.66 Å². The predicted octanol–water partition coefficient (Wildman–Crippen LogP) is 0.323. The van der Waals surface area contributed by atoms with E-state index in [-0.39, 0.29) is 6.54 Å². The molecule has 0 unspecified atom stereocenters.